The third-order valence-corrected chi connectivity index (χ3v) is 4.06. The zero-order valence-electron chi connectivity index (χ0n) is 14.8. The molecule has 0 spiro atoms. The third kappa shape index (κ3) is 3.79. The zero-order valence-corrected chi connectivity index (χ0v) is 14.8. The number of furan rings is 1. The molecule has 0 atom stereocenters. The average Bonchev–Trinajstić information content (AvgIpc) is 2.86. The highest BCUT2D eigenvalue weighted by atomic mass is 16.5. The predicted octanol–water partition coefficient (Wildman–Crippen LogP) is 3.15. The third-order valence-electron chi connectivity index (χ3n) is 4.06. The number of carbonyl (C=O) groups excluding carboxylic acids is 1. The summed E-state index contributed by atoms with van der Waals surface area (Å²) < 4.78 is 11.3. The Morgan fingerprint density at radius 1 is 1.12 bits per heavy atom. The van der Waals surface area contributed by atoms with Gasteiger partial charge in [0.25, 0.3) is 5.91 Å². The topological polar surface area (TPSA) is 77.2 Å². The highest BCUT2D eigenvalue weighted by molar-refractivity contribution is 5.84. The van der Waals surface area contributed by atoms with Crippen molar-refractivity contribution in [2.75, 3.05) is 6.61 Å². The van der Waals surface area contributed by atoms with E-state index < -0.39 is 0 Å². The summed E-state index contributed by atoms with van der Waals surface area (Å²) >= 11 is 0. The number of amides is 1. The molecule has 0 unspecified atom stereocenters. The van der Waals surface area contributed by atoms with E-state index in [4.69, 9.17) is 9.15 Å². The molecule has 3 aromatic rings. The van der Waals surface area contributed by atoms with E-state index in [1.165, 1.54) is 5.56 Å². The number of fused-ring (bicyclic) bond motifs is 1. The van der Waals surface area contributed by atoms with Gasteiger partial charge in [-0.2, -0.15) is 9.97 Å². The lowest BCUT2D eigenvalue weighted by Crippen LogP contribution is -2.28. The Bertz CT molecular complexity index is 914. The summed E-state index contributed by atoms with van der Waals surface area (Å²) in [6.07, 6.45) is 0. The van der Waals surface area contributed by atoms with Gasteiger partial charge in [0.05, 0.1) is 0 Å². The summed E-state index contributed by atoms with van der Waals surface area (Å²) in [5.41, 5.74) is 3.63. The fourth-order valence-corrected chi connectivity index (χ4v) is 2.51. The van der Waals surface area contributed by atoms with Gasteiger partial charge in [-0.3, -0.25) is 4.79 Å². The number of ether oxygens (including phenoxy) is 1. The van der Waals surface area contributed by atoms with Crippen LogP contribution in [0.15, 0.2) is 28.7 Å². The first-order valence-corrected chi connectivity index (χ1v) is 8.13. The standard InChI is InChI=1S/C19H21N3O3/c1-11-5-7-15(8-6-11)9-20-16(23)10-24-18-17-12(2)13(3)25-19(17)22-14(4)21-18/h5-8H,9-10H2,1-4H3,(H,20,23). The second-order valence-corrected chi connectivity index (χ2v) is 6.09. The number of nitrogens with one attached hydrogen (secondary N) is 1. The smallest absolute Gasteiger partial charge is 0.258 e. The SMILES string of the molecule is Cc1ccc(CNC(=O)COc2nc(C)nc3oc(C)c(C)c23)cc1. The summed E-state index contributed by atoms with van der Waals surface area (Å²) in [5, 5.41) is 3.56. The van der Waals surface area contributed by atoms with Crippen molar-refractivity contribution in [2.45, 2.75) is 34.2 Å². The Labute approximate surface area is 146 Å². The van der Waals surface area contributed by atoms with E-state index in [9.17, 15) is 4.79 Å². The maximum Gasteiger partial charge on any atom is 0.258 e. The van der Waals surface area contributed by atoms with E-state index in [0.29, 0.717) is 24.0 Å². The van der Waals surface area contributed by atoms with Crippen molar-refractivity contribution < 1.29 is 13.9 Å². The summed E-state index contributed by atoms with van der Waals surface area (Å²) in [5.74, 6) is 1.48. The monoisotopic (exact) mass is 339 g/mol. The van der Waals surface area contributed by atoms with Crippen LogP contribution in [0.5, 0.6) is 5.88 Å². The Hall–Kier alpha value is -2.89. The van der Waals surface area contributed by atoms with E-state index in [0.717, 1.165) is 22.3 Å². The van der Waals surface area contributed by atoms with Crippen LogP contribution in [-0.4, -0.2) is 22.5 Å². The molecule has 0 fully saturated rings. The van der Waals surface area contributed by atoms with Gasteiger partial charge < -0.3 is 14.5 Å². The molecule has 0 radical (unpaired) electrons. The van der Waals surface area contributed by atoms with Crippen molar-refractivity contribution in [3.8, 4) is 5.88 Å². The van der Waals surface area contributed by atoms with Crippen molar-refractivity contribution in [3.05, 3.63) is 52.5 Å². The van der Waals surface area contributed by atoms with Crippen LogP contribution in [0.4, 0.5) is 0 Å². The van der Waals surface area contributed by atoms with E-state index >= 15 is 0 Å². The van der Waals surface area contributed by atoms with Gasteiger partial charge in [0.15, 0.2) is 6.61 Å². The molecule has 0 bridgehead atoms. The van der Waals surface area contributed by atoms with Crippen LogP contribution in [0.3, 0.4) is 0 Å². The fourth-order valence-electron chi connectivity index (χ4n) is 2.51. The lowest BCUT2D eigenvalue weighted by atomic mass is 10.1. The molecule has 0 saturated heterocycles. The van der Waals surface area contributed by atoms with E-state index in [-0.39, 0.29) is 12.5 Å². The number of benzene rings is 1. The zero-order chi connectivity index (χ0) is 18.0. The average molecular weight is 339 g/mol. The molecule has 0 aliphatic heterocycles. The summed E-state index contributed by atoms with van der Waals surface area (Å²) in [6.45, 7) is 7.93. The van der Waals surface area contributed by atoms with Crippen molar-refractivity contribution >= 4 is 17.0 Å². The van der Waals surface area contributed by atoms with Gasteiger partial charge in [-0.1, -0.05) is 29.8 Å². The lowest BCUT2D eigenvalue weighted by molar-refractivity contribution is -0.123. The highest BCUT2D eigenvalue weighted by Crippen LogP contribution is 2.30. The molecule has 2 heterocycles. The summed E-state index contributed by atoms with van der Waals surface area (Å²) in [7, 11) is 0. The molecule has 0 saturated carbocycles. The van der Waals surface area contributed by atoms with Crippen LogP contribution in [-0.2, 0) is 11.3 Å². The Morgan fingerprint density at radius 3 is 2.56 bits per heavy atom. The van der Waals surface area contributed by atoms with Crippen molar-refractivity contribution in [3.63, 3.8) is 0 Å². The number of aromatic nitrogens is 2. The van der Waals surface area contributed by atoms with E-state index in [1.54, 1.807) is 6.92 Å². The van der Waals surface area contributed by atoms with Crippen molar-refractivity contribution in [1.82, 2.24) is 15.3 Å². The normalized spacial score (nSPS) is 10.9. The van der Waals surface area contributed by atoms with Gasteiger partial charge in [-0.05, 0) is 33.3 Å². The Kier molecular flexibility index (Phi) is 4.70. The Balaban J connectivity index is 1.66. The van der Waals surface area contributed by atoms with Crippen LogP contribution in [0.1, 0.15) is 28.3 Å². The number of aryl methyl sites for hydroxylation is 4. The Morgan fingerprint density at radius 2 is 1.84 bits per heavy atom. The van der Waals surface area contributed by atoms with Crippen LogP contribution in [0, 0.1) is 27.7 Å². The number of hydrogen-bond donors (Lipinski definition) is 1. The molecule has 1 N–H and O–H groups in total. The second kappa shape index (κ2) is 6.93. The van der Waals surface area contributed by atoms with Gasteiger partial charge in [0.1, 0.15) is 17.0 Å². The molecule has 2 aromatic heterocycles. The van der Waals surface area contributed by atoms with Crippen LogP contribution in [0.2, 0.25) is 0 Å². The largest absolute Gasteiger partial charge is 0.467 e. The quantitative estimate of drug-likeness (QED) is 0.772. The van der Waals surface area contributed by atoms with Crippen LogP contribution < -0.4 is 10.1 Å². The molecule has 1 amide bonds. The molecular formula is C19H21N3O3. The van der Waals surface area contributed by atoms with Crippen LogP contribution >= 0.6 is 0 Å². The van der Waals surface area contributed by atoms with E-state index in [2.05, 4.69) is 15.3 Å². The number of nitrogens with zero attached hydrogens (tertiary/aromatic N) is 2. The first-order chi connectivity index (χ1) is 11.9. The van der Waals surface area contributed by atoms with Gasteiger partial charge in [0, 0.05) is 12.1 Å². The number of rotatable bonds is 5. The molecule has 3 rings (SSSR count). The van der Waals surface area contributed by atoms with Gasteiger partial charge in [0.2, 0.25) is 11.6 Å². The molecule has 1 aromatic carbocycles. The molecular weight excluding hydrogens is 318 g/mol. The van der Waals surface area contributed by atoms with Gasteiger partial charge in [-0.25, -0.2) is 0 Å². The predicted molar refractivity (Wildman–Crippen MR) is 94.5 cm³/mol. The highest BCUT2D eigenvalue weighted by Gasteiger charge is 2.17. The van der Waals surface area contributed by atoms with Crippen LogP contribution in [0.25, 0.3) is 11.1 Å². The summed E-state index contributed by atoms with van der Waals surface area (Å²) in [4.78, 5) is 20.6. The molecule has 25 heavy (non-hydrogen) atoms. The second-order valence-electron chi connectivity index (χ2n) is 6.09. The maximum absolute atomic E-state index is 12.1. The van der Waals surface area contributed by atoms with E-state index in [1.807, 2.05) is 45.0 Å². The van der Waals surface area contributed by atoms with Crippen molar-refractivity contribution in [1.29, 1.82) is 0 Å². The lowest BCUT2D eigenvalue weighted by Gasteiger charge is -2.08. The first-order valence-electron chi connectivity index (χ1n) is 8.13. The minimum absolute atomic E-state index is 0.110. The van der Waals surface area contributed by atoms with Crippen molar-refractivity contribution in [2.24, 2.45) is 0 Å². The number of carbonyl (C=O) groups is 1. The minimum atomic E-state index is -0.206. The van der Waals surface area contributed by atoms with Gasteiger partial charge >= 0.3 is 0 Å². The minimum Gasteiger partial charge on any atom is -0.467 e. The molecule has 6 nitrogen and oxygen atoms in total. The number of hydrogen-bond acceptors (Lipinski definition) is 5. The molecule has 6 heteroatoms. The maximum atomic E-state index is 12.1. The molecule has 0 aliphatic rings. The fraction of sp³-hybridized carbons (Fsp3) is 0.316. The molecule has 130 valence electrons. The van der Waals surface area contributed by atoms with Gasteiger partial charge in [-0.15, -0.1) is 0 Å². The summed E-state index contributed by atoms with van der Waals surface area (Å²) in [6, 6.07) is 8.02. The first kappa shape index (κ1) is 17.0. The molecule has 0 aliphatic carbocycles.